The van der Waals surface area contributed by atoms with Crippen LogP contribution in [0.25, 0.3) is 0 Å². The van der Waals surface area contributed by atoms with Gasteiger partial charge in [0.15, 0.2) is 0 Å². The van der Waals surface area contributed by atoms with Crippen LogP contribution in [0.5, 0.6) is 0 Å². The lowest BCUT2D eigenvalue weighted by Crippen LogP contribution is -2.35. The van der Waals surface area contributed by atoms with Crippen LogP contribution in [0.2, 0.25) is 0 Å². The molecule has 0 amide bonds. The van der Waals surface area contributed by atoms with Gasteiger partial charge in [-0.1, -0.05) is 25.5 Å². The molecule has 0 saturated heterocycles. The highest BCUT2D eigenvalue weighted by molar-refractivity contribution is 5.26. The Hall–Kier alpha value is -0.300. The van der Waals surface area contributed by atoms with E-state index >= 15 is 0 Å². The number of aliphatic hydroxyl groups excluding tert-OH is 1. The molecule has 3 aliphatic rings. The molecule has 2 saturated carbocycles. The molecule has 5 atom stereocenters. The maximum absolute atomic E-state index is 9.89. The summed E-state index contributed by atoms with van der Waals surface area (Å²) in [5.74, 6) is 2.27. The number of hydrogen-bond donors (Lipinski definition) is 1. The fraction of sp³-hybridized carbons (Fsp3) is 0.867. The fourth-order valence-electron chi connectivity index (χ4n) is 5.34. The summed E-state index contributed by atoms with van der Waals surface area (Å²) in [5.41, 5.74) is 2.26. The third-order valence-corrected chi connectivity index (χ3v) is 6.43. The van der Waals surface area contributed by atoms with Crippen molar-refractivity contribution in [2.75, 3.05) is 6.61 Å². The van der Waals surface area contributed by atoms with Crippen LogP contribution < -0.4 is 0 Å². The lowest BCUT2D eigenvalue weighted by Gasteiger charge is -2.37. The van der Waals surface area contributed by atoms with E-state index in [9.17, 15) is 5.11 Å². The second kappa shape index (κ2) is 3.13. The summed E-state index contributed by atoms with van der Waals surface area (Å²) in [7, 11) is 0. The molecule has 1 spiro atoms. The van der Waals surface area contributed by atoms with E-state index in [0.717, 1.165) is 11.8 Å². The molecule has 0 aromatic rings. The zero-order valence-corrected chi connectivity index (χ0v) is 10.8. The Kier molecular flexibility index (Phi) is 2.12. The van der Waals surface area contributed by atoms with E-state index in [1.54, 1.807) is 5.57 Å². The molecule has 2 bridgehead atoms. The minimum absolute atomic E-state index is 0.168. The predicted molar refractivity (Wildman–Crippen MR) is 66.0 cm³/mol. The number of hydrogen-bond acceptors (Lipinski definition) is 1. The van der Waals surface area contributed by atoms with Gasteiger partial charge in [-0.3, -0.25) is 0 Å². The van der Waals surface area contributed by atoms with Crippen LogP contribution in [-0.2, 0) is 0 Å². The molecule has 2 fully saturated rings. The maximum atomic E-state index is 9.89. The zero-order valence-electron chi connectivity index (χ0n) is 10.8. The molecule has 0 aromatic heterocycles. The molecule has 1 heteroatoms. The van der Waals surface area contributed by atoms with E-state index in [2.05, 4.69) is 26.8 Å². The molecule has 0 aliphatic heterocycles. The van der Waals surface area contributed by atoms with Gasteiger partial charge < -0.3 is 5.11 Å². The second-order valence-electron chi connectivity index (χ2n) is 6.84. The summed E-state index contributed by atoms with van der Waals surface area (Å²) in [6.07, 6.45) is 7.81. The van der Waals surface area contributed by atoms with Gasteiger partial charge in [0.05, 0.1) is 0 Å². The molecule has 1 nitrogen and oxygen atoms in total. The Bertz CT molecular complexity index is 345. The summed E-state index contributed by atoms with van der Waals surface area (Å²) < 4.78 is 0. The Morgan fingerprint density at radius 2 is 2.19 bits per heavy atom. The smallest absolute Gasteiger partial charge is 0.0493 e. The zero-order chi connectivity index (χ0) is 11.6. The fourth-order valence-corrected chi connectivity index (χ4v) is 5.34. The van der Waals surface area contributed by atoms with Crippen molar-refractivity contribution >= 4 is 0 Å². The topological polar surface area (TPSA) is 20.2 Å². The summed E-state index contributed by atoms with van der Waals surface area (Å²) in [6, 6.07) is 0. The van der Waals surface area contributed by atoms with Gasteiger partial charge >= 0.3 is 0 Å². The highest BCUT2D eigenvalue weighted by atomic mass is 16.3. The molecule has 90 valence electrons. The Labute approximate surface area is 98.9 Å². The number of fused-ring (bicyclic) bond motifs is 1. The molecule has 16 heavy (non-hydrogen) atoms. The first-order valence-corrected chi connectivity index (χ1v) is 6.82. The van der Waals surface area contributed by atoms with E-state index < -0.39 is 0 Å². The molecule has 0 aromatic carbocycles. The van der Waals surface area contributed by atoms with Crippen molar-refractivity contribution in [2.24, 2.45) is 28.6 Å². The lowest BCUT2D eigenvalue weighted by molar-refractivity contribution is 0.0509. The monoisotopic (exact) mass is 220 g/mol. The van der Waals surface area contributed by atoms with Crippen LogP contribution in [0, 0.1) is 28.6 Å². The van der Waals surface area contributed by atoms with Crippen LogP contribution in [0.4, 0.5) is 0 Å². The summed E-state index contributed by atoms with van der Waals surface area (Å²) >= 11 is 0. The van der Waals surface area contributed by atoms with Crippen molar-refractivity contribution in [3.8, 4) is 0 Å². The molecular formula is C15H24O. The summed E-state index contributed by atoms with van der Waals surface area (Å²) in [5, 5.41) is 9.89. The van der Waals surface area contributed by atoms with E-state index in [-0.39, 0.29) is 5.41 Å². The van der Waals surface area contributed by atoms with Gasteiger partial charge in [0, 0.05) is 12.0 Å². The molecular weight excluding hydrogens is 196 g/mol. The second-order valence-corrected chi connectivity index (χ2v) is 6.84. The van der Waals surface area contributed by atoms with Crippen molar-refractivity contribution in [3.05, 3.63) is 11.6 Å². The van der Waals surface area contributed by atoms with Crippen LogP contribution in [0.1, 0.15) is 46.5 Å². The molecule has 0 heterocycles. The average Bonchev–Trinajstić information content (AvgIpc) is 2.70. The van der Waals surface area contributed by atoms with E-state index in [1.165, 1.54) is 25.7 Å². The Morgan fingerprint density at radius 1 is 1.44 bits per heavy atom. The van der Waals surface area contributed by atoms with Crippen molar-refractivity contribution in [1.82, 2.24) is 0 Å². The van der Waals surface area contributed by atoms with Gasteiger partial charge in [0.25, 0.3) is 0 Å². The molecule has 0 unspecified atom stereocenters. The van der Waals surface area contributed by atoms with Gasteiger partial charge in [0.2, 0.25) is 0 Å². The first-order valence-electron chi connectivity index (χ1n) is 6.82. The minimum atomic E-state index is 0.168. The number of aliphatic hydroxyl groups is 1. The molecule has 1 N–H and O–H groups in total. The van der Waals surface area contributed by atoms with Crippen molar-refractivity contribution in [3.63, 3.8) is 0 Å². The minimum Gasteiger partial charge on any atom is -0.396 e. The largest absolute Gasteiger partial charge is 0.396 e. The van der Waals surface area contributed by atoms with E-state index in [0.29, 0.717) is 17.9 Å². The third kappa shape index (κ3) is 1.01. The van der Waals surface area contributed by atoms with Crippen LogP contribution in [0.15, 0.2) is 11.6 Å². The quantitative estimate of drug-likeness (QED) is 0.672. The van der Waals surface area contributed by atoms with Gasteiger partial charge in [0.1, 0.15) is 0 Å². The first kappa shape index (κ1) is 10.8. The van der Waals surface area contributed by atoms with Crippen molar-refractivity contribution in [1.29, 1.82) is 0 Å². The van der Waals surface area contributed by atoms with Gasteiger partial charge in [-0.2, -0.15) is 0 Å². The lowest BCUT2D eigenvalue weighted by atomic mass is 9.68. The number of rotatable bonds is 1. The van der Waals surface area contributed by atoms with Crippen molar-refractivity contribution < 1.29 is 5.11 Å². The number of allylic oxidation sites excluding steroid dienone is 2. The predicted octanol–water partition coefficient (Wildman–Crippen LogP) is 3.39. The summed E-state index contributed by atoms with van der Waals surface area (Å²) in [4.78, 5) is 0. The van der Waals surface area contributed by atoms with Crippen LogP contribution in [-0.4, -0.2) is 11.7 Å². The van der Waals surface area contributed by atoms with Crippen LogP contribution in [0.3, 0.4) is 0 Å². The van der Waals surface area contributed by atoms with E-state index in [1.807, 2.05) is 0 Å². The maximum Gasteiger partial charge on any atom is 0.0493 e. The third-order valence-electron chi connectivity index (χ3n) is 6.43. The molecule has 3 rings (SSSR count). The summed E-state index contributed by atoms with van der Waals surface area (Å²) in [6.45, 7) is 7.43. The molecule has 0 radical (unpaired) electrons. The van der Waals surface area contributed by atoms with Gasteiger partial charge in [-0.15, -0.1) is 0 Å². The SMILES string of the molecule is CC1=CC[C@@]23C[C@@H]1[C@@](C)(CO)[C@@H]2CC[C@H]3C. The van der Waals surface area contributed by atoms with Gasteiger partial charge in [-0.25, -0.2) is 0 Å². The standard InChI is InChI=1S/C15H24O/c1-10-6-7-15-8-12(10)14(3,9-16)13(15)5-4-11(15)2/h6,11-13,16H,4-5,7-9H2,1-3H3/t11-,12+,13+,14-,15+/m1/s1. The highest BCUT2D eigenvalue weighted by Gasteiger charge is 2.64. The Balaban J connectivity index is 2.10. The van der Waals surface area contributed by atoms with E-state index in [4.69, 9.17) is 0 Å². The highest BCUT2D eigenvalue weighted by Crippen LogP contribution is 2.71. The normalized spacial score (nSPS) is 55.0. The Morgan fingerprint density at radius 3 is 2.88 bits per heavy atom. The average molecular weight is 220 g/mol. The van der Waals surface area contributed by atoms with Crippen molar-refractivity contribution in [2.45, 2.75) is 46.5 Å². The van der Waals surface area contributed by atoms with Gasteiger partial charge in [-0.05, 0) is 55.8 Å². The van der Waals surface area contributed by atoms with Crippen LogP contribution >= 0.6 is 0 Å². The first-order chi connectivity index (χ1) is 7.54. The molecule has 3 aliphatic carbocycles.